The third-order valence-corrected chi connectivity index (χ3v) is 3.31. The first-order valence-corrected chi connectivity index (χ1v) is 7.45. The molecule has 2 aromatic rings. The quantitative estimate of drug-likeness (QED) is 0.594. The predicted molar refractivity (Wildman–Crippen MR) is 93.9 cm³/mol. The van der Waals surface area contributed by atoms with Gasteiger partial charge in [0.25, 0.3) is 5.91 Å². The number of nitrogens with one attached hydrogen (secondary N) is 2. The van der Waals surface area contributed by atoms with Crippen molar-refractivity contribution in [2.45, 2.75) is 13.8 Å². The van der Waals surface area contributed by atoms with Crippen LogP contribution in [0.4, 0.5) is 5.69 Å². The number of carbonyl (C=O) groups excluding carboxylic acids is 1. The fourth-order valence-electron chi connectivity index (χ4n) is 1.93. The minimum absolute atomic E-state index is 0.0587. The van der Waals surface area contributed by atoms with Crippen LogP contribution in [-0.2, 0) is 4.79 Å². The number of rotatable bonds is 4. The Bertz CT molecular complexity index is 732. The molecule has 0 aliphatic heterocycles. The average Bonchev–Trinajstić information content (AvgIpc) is 2.50. The smallest absolute Gasteiger partial charge is 0.264 e. The van der Waals surface area contributed by atoms with Gasteiger partial charge in [0.1, 0.15) is 11.5 Å². The van der Waals surface area contributed by atoms with E-state index >= 15 is 0 Å². The molecular weight excluding hydrogens is 312 g/mol. The first kappa shape index (κ1) is 16.8. The summed E-state index contributed by atoms with van der Waals surface area (Å²) in [5.74, 6) is 0.333. The summed E-state index contributed by atoms with van der Waals surface area (Å²) in [5.41, 5.74) is 2.35. The van der Waals surface area contributed by atoms with Crippen molar-refractivity contribution in [3.8, 4) is 11.5 Å². The molecule has 0 aliphatic rings. The number of aromatic hydroxyl groups is 1. The van der Waals surface area contributed by atoms with Crippen LogP contribution in [0, 0.1) is 13.8 Å². The van der Waals surface area contributed by atoms with Crippen molar-refractivity contribution >= 4 is 28.9 Å². The number of ether oxygens (including phenoxy) is 1. The zero-order chi connectivity index (χ0) is 16.8. The lowest BCUT2D eigenvalue weighted by Gasteiger charge is -2.12. The summed E-state index contributed by atoms with van der Waals surface area (Å²) in [6.45, 7) is 3.65. The van der Waals surface area contributed by atoms with Gasteiger partial charge in [-0.25, -0.2) is 0 Å². The molecule has 0 spiro atoms. The number of phenolic OH excluding ortho intramolecular Hbond substituents is 1. The molecule has 0 fully saturated rings. The Balaban J connectivity index is 1.86. The lowest BCUT2D eigenvalue weighted by Crippen LogP contribution is -2.37. The SMILES string of the molecule is Cc1ccc(O)c(NC(=S)NC(=O)COc2ccccc2C)c1. The minimum atomic E-state index is -0.377. The summed E-state index contributed by atoms with van der Waals surface area (Å²) in [6.07, 6.45) is 0. The number of hydrogen-bond acceptors (Lipinski definition) is 4. The number of para-hydroxylation sites is 1. The molecule has 3 N–H and O–H groups in total. The Morgan fingerprint density at radius 2 is 1.96 bits per heavy atom. The number of hydrogen-bond donors (Lipinski definition) is 3. The number of phenols is 1. The average molecular weight is 330 g/mol. The fraction of sp³-hybridized carbons (Fsp3) is 0.176. The maximum atomic E-state index is 11.9. The first-order valence-electron chi connectivity index (χ1n) is 7.04. The van der Waals surface area contributed by atoms with E-state index in [0.29, 0.717) is 11.4 Å². The molecule has 0 saturated heterocycles. The molecular formula is C17H18N2O3S. The highest BCUT2D eigenvalue weighted by Crippen LogP contribution is 2.23. The molecule has 2 rings (SSSR count). The number of aryl methyl sites for hydroxylation is 2. The molecule has 2 aromatic carbocycles. The highest BCUT2D eigenvalue weighted by molar-refractivity contribution is 7.80. The topological polar surface area (TPSA) is 70.6 Å². The molecule has 23 heavy (non-hydrogen) atoms. The predicted octanol–water partition coefficient (Wildman–Crippen LogP) is 2.90. The second-order valence-corrected chi connectivity index (χ2v) is 5.49. The number of amides is 1. The maximum Gasteiger partial charge on any atom is 0.264 e. The number of carbonyl (C=O) groups is 1. The molecule has 0 aromatic heterocycles. The Morgan fingerprint density at radius 3 is 2.70 bits per heavy atom. The van der Waals surface area contributed by atoms with Crippen molar-refractivity contribution in [2.24, 2.45) is 0 Å². The van der Waals surface area contributed by atoms with E-state index in [1.54, 1.807) is 24.3 Å². The monoisotopic (exact) mass is 330 g/mol. The van der Waals surface area contributed by atoms with Gasteiger partial charge in [0.2, 0.25) is 0 Å². The Kier molecular flexibility index (Phi) is 5.54. The third-order valence-electron chi connectivity index (χ3n) is 3.11. The van der Waals surface area contributed by atoms with Gasteiger partial charge in [-0.15, -0.1) is 0 Å². The second kappa shape index (κ2) is 7.60. The summed E-state index contributed by atoms with van der Waals surface area (Å²) >= 11 is 5.06. The normalized spacial score (nSPS) is 10.0. The third kappa shape index (κ3) is 4.96. The van der Waals surface area contributed by atoms with E-state index in [9.17, 15) is 9.90 Å². The fourth-order valence-corrected chi connectivity index (χ4v) is 2.15. The van der Waals surface area contributed by atoms with Crippen molar-refractivity contribution in [3.63, 3.8) is 0 Å². The van der Waals surface area contributed by atoms with Gasteiger partial charge in [0.05, 0.1) is 5.69 Å². The van der Waals surface area contributed by atoms with Gasteiger partial charge in [-0.1, -0.05) is 24.3 Å². The van der Waals surface area contributed by atoms with Crippen molar-refractivity contribution < 1.29 is 14.6 Å². The van der Waals surface area contributed by atoms with Crippen molar-refractivity contribution in [2.75, 3.05) is 11.9 Å². The van der Waals surface area contributed by atoms with Gasteiger partial charge in [0.15, 0.2) is 11.7 Å². The molecule has 5 nitrogen and oxygen atoms in total. The van der Waals surface area contributed by atoms with Gasteiger partial charge < -0.3 is 15.2 Å². The summed E-state index contributed by atoms with van der Waals surface area (Å²) in [6, 6.07) is 12.5. The van der Waals surface area contributed by atoms with Crippen LogP contribution < -0.4 is 15.4 Å². The number of thiocarbonyl (C=S) groups is 1. The van der Waals surface area contributed by atoms with E-state index in [1.165, 1.54) is 0 Å². The Labute approximate surface area is 140 Å². The molecule has 120 valence electrons. The van der Waals surface area contributed by atoms with Crippen LogP contribution in [0.25, 0.3) is 0 Å². The molecule has 0 radical (unpaired) electrons. The van der Waals surface area contributed by atoms with Crippen molar-refractivity contribution in [3.05, 3.63) is 53.6 Å². The van der Waals surface area contributed by atoms with Gasteiger partial charge in [0, 0.05) is 0 Å². The molecule has 0 aliphatic carbocycles. The van der Waals surface area contributed by atoms with Gasteiger partial charge in [-0.05, 0) is 55.4 Å². The molecule has 0 unspecified atom stereocenters. The lowest BCUT2D eigenvalue weighted by molar-refractivity contribution is -0.121. The molecule has 0 bridgehead atoms. The minimum Gasteiger partial charge on any atom is -0.506 e. The summed E-state index contributed by atoms with van der Waals surface area (Å²) in [5, 5.41) is 15.1. The second-order valence-electron chi connectivity index (χ2n) is 5.08. The van der Waals surface area contributed by atoms with Crippen molar-refractivity contribution in [1.29, 1.82) is 0 Å². The molecule has 0 atom stereocenters. The van der Waals surface area contributed by atoms with E-state index in [2.05, 4.69) is 10.6 Å². The molecule has 1 amide bonds. The zero-order valence-electron chi connectivity index (χ0n) is 12.9. The van der Waals surface area contributed by atoms with Gasteiger partial charge >= 0.3 is 0 Å². The summed E-state index contributed by atoms with van der Waals surface area (Å²) in [7, 11) is 0. The van der Waals surface area contributed by atoms with Gasteiger partial charge in [-0.2, -0.15) is 0 Å². The highest BCUT2D eigenvalue weighted by Gasteiger charge is 2.09. The number of benzene rings is 2. The first-order chi connectivity index (χ1) is 11.0. The number of anilines is 1. The standard InChI is InChI=1S/C17H18N2O3S/c1-11-7-8-14(20)13(9-11)18-17(23)19-16(21)10-22-15-6-4-3-5-12(15)2/h3-9,20H,10H2,1-2H3,(H2,18,19,21,23). The largest absolute Gasteiger partial charge is 0.506 e. The van der Waals surface area contributed by atoms with Crippen LogP contribution in [0.15, 0.2) is 42.5 Å². The van der Waals surface area contributed by atoms with Crippen LogP contribution in [0.2, 0.25) is 0 Å². The van der Waals surface area contributed by atoms with Crippen LogP contribution in [0.1, 0.15) is 11.1 Å². The Morgan fingerprint density at radius 1 is 1.22 bits per heavy atom. The van der Waals surface area contributed by atoms with Crippen LogP contribution >= 0.6 is 12.2 Å². The van der Waals surface area contributed by atoms with E-state index in [1.807, 2.05) is 32.0 Å². The van der Waals surface area contributed by atoms with E-state index in [0.717, 1.165) is 11.1 Å². The maximum absolute atomic E-state index is 11.9. The van der Waals surface area contributed by atoms with Crippen LogP contribution in [0.5, 0.6) is 11.5 Å². The van der Waals surface area contributed by atoms with E-state index < -0.39 is 0 Å². The highest BCUT2D eigenvalue weighted by atomic mass is 32.1. The van der Waals surface area contributed by atoms with E-state index in [-0.39, 0.29) is 23.4 Å². The zero-order valence-corrected chi connectivity index (χ0v) is 13.7. The van der Waals surface area contributed by atoms with Gasteiger partial charge in [-0.3, -0.25) is 10.1 Å². The summed E-state index contributed by atoms with van der Waals surface area (Å²) in [4.78, 5) is 11.9. The van der Waals surface area contributed by atoms with Crippen LogP contribution in [-0.4, -0.2) is 22.7 Å². The summed E-state index contributed by atoms with van der Waals surface area (Å²) < 4.78 is 5.44. The molecule has 6 heteroatoms. The molecule has 0 saturated carbocycles. The van der Waals surface area contributed by atoms with Crippen LogP contribution in [0.3, 0.4) is 0 Å². The Hall–Kier alpha value is -2.60. The van der Waals surface area contributed by atoms with Crippen molar-refractivity contribution in [1.82, 2.24) is 5.32 Å². The lowest BCUT2D eigenvalue weighted by atomic mass is 10.2. The molecule has 0 heterocycles. The van der Waals surface area contributed by atoms with E-state index in [4.69, 9.17) is 17.0 Å².